The maximum atomic E-state index is 11.9. The van der Waals surface area contributed by atoms with Gasteiger partial charge in [-0.1, -0.05) is 0 Å². The van der Waals surface area contributed by atoms with Gasteiger partial charge in [-0.25, -0.2) is 14.4 Å². The Hall–Kier alpha value is -1.83. The molecule has 1 saturated heterocycles. The van der Waals surface area contributed by atoms with Gasteiger partial charge >= 0.3 is 18.0 Å². The fourth-order valence-electron chi connectivity index (χ4n) is 2.00. The van der Waals surface area contributed by atoms with Crippen molar-refractivity contribution in [2.45, 2.75) is 38.0 Å². The zero-order chi connectivity index (χ0) is 14.6. The summed E-state index contributed by atoms with van der Waals surface area (Å²) in [6.07, 6.45) is -0.118. The Morgan fingerprint density at radius 1 is 1.42 bits per heavy atom. The van der Waals surface area contributed by atoms with Crippen LogP contribution in [0.1, 0.15) is 19.8 Å². The molecule has 1 fully saturated rings. The Morgan fingerprint density at radius 2 is 2.05 bits per heavy atom. The van der Waals surface area contributed by atoms with E-state index < -0.39 is 36.2 Å². The number of likely N-dealkylation sites (tertiary alicyclic amines) is 1. The molecule has 108 valence electrons. The van der Waals surface area contributed by atoms with Crippen LogP contribution in [0.2, 0.25) is 0 Å². The summed E-state index contributed by atoms with van der Waals surface area (Å²) in [5.74, 6) is -1.87. The molecule has 0 aromatic carbocycles. The molecule has 1 rings (SSSR count). The van der Waals surface area contributed by atoms with Crippen molar-refractivity contribution >= 4 is 18.0 Å². The highest BCUT2D eigenvalue weighted by molar-refractivity contribution is 5.87. The summed E-state index contributed by atoms with van der Waals surface area (Å²) in [4.78, 5) is 35.5. The number of carbonyl (C=O) groups excluding carboxylic acids is 2. The number of esters is 1. The summed E-state index contributed by atoms with van der Waals surface area (Å²) in [7, 11) is 1.23. The number of aliphatic hydroxyl groups excluding tert-OH is 1. The van der Waals surface area contributed by atoms with Crippen LogP contribution in [0.3, 0.4) is 0 Å². The molecule has 1 unspecified atom stereocenters. The maximum Gasteiger partial charge on any atom is 0.328 e. The smallest absolute Gasteiger partial charge is 0.328 e. The second-order valence-electron chi connectivity index (χ2n) is 4.38. The molecule has 0 aliphatic carbocycles. The van der Waals surface area contributed by atoms with Crippen LogP contribution >= 0.6 is 0 Å². The van der Waals surface area contributed by atoms with Crippen LogP contribution in [0.5, 0.6) is 0 Å². The highest BCUT2D eigenvalue weighted by atomic mass is 16.5. The van der Waals surface area contributed by atoms with Crippen LogP contribution in [0.4, 0.5) is 4.79 Å². The minimum atomic E-state index is -1.41. The molecule has 0 bridgehead atoms. The van der Waals surface area contributed by atoms with E-state index in [-0.39, 0.29) is 0 Å². The molecule has 19 heavy (non-hydrogen) atoms. The Bertz CT molecular complexity index is 370. The van der Waals surface area contributed by atoms with Crippen molar-refractivity contribution < 1.29 is 29.3 Å². The van der Waals surface area contributed by atoms with Gasteiger partial charge in [0.05, 0.1) is 13.2 Å². The minimum Gasteiger partial charge on any atom is -0.480 e. The molecule has 2 amide bonds. The minimum absolute atomic E-state index is 0.345. The predicted octanol–water partition coefficient (Wildman–Crippen LogP) is -0.833. The molecule has 0 radical (unpaired) electrons. The normalized spacial score (nSPS) is 21.6. The highest BCUT2D eigenvalue weighted by Crippen LogP contribution is 2.18. The first-order valence-electron chi connectivity index (χ1n) is 5.94. The molecule has 8 heteroatoms. The number of urea groups is 1. The summed E-state index contributed by atoms with van der Waals surface area (Å²) in [5, 5.41) is 20.4. The van der Waals surface area contributed by atoms with E-state index in [4.69, 9.17) is 5.11 Å². The average Bonchev–Trinajstić information content (AvgIpc) is 2.82. The summed E-state index contributed by atoms with van der Waals surface area (Å²) >= 11 is 0. The average molecular weight is 274 g/mol. The molecule has 3 N–H and O–H groups in total. The number of aliphatic hydroxyl groups is 1. The van der Waals surface area contributed by atoms with E-state index in [0.717, 1.165) is 0 Å². The third-order valence-corrected chi connectivity index (χ3v) is 3.01. The predicted molar refractivity (Wildman–Crippen MR) is 63.4 cm³/mol. The van der Waals surface area contributed by atoms with Crippen LogP contribution in [0, 0.1) is 0 Å². The third kappa shape index (κ3) is 3.57. The van der Waals surface area contributed by atoms with E-state index >= 15 is 0 Å². The van der Waals surface area contributed by atoms with Crippen LogP contribution in [0.15, 0.2) is 0 Å². The number of ether oxygens (including phenoxy) is 1. The van der Waals surface area contributed by atoms with Gasteiger partial charge in [-0.15, -0.1) is 0 Å². The van der Waals surface area contributed by atoms with E-state index in [1.54, 1.807) is 0 Å². The summed E-state index contributed by atoms with van der Waals surface area (Å²) in [6, 6.07) is -2.80. The van der Waals surface area contributed by atoms with Gasteiger partial charge in [0.1, 0.15) is 6.04 Å². The van der Waals surface area contributed by atoms with Crippen LogP contribution in [-0.2, 0) is 14.3 Å². The van der Waals surface area contributed by atoms with Crippen molar-refractivity contribution in [1.82, 2.24) is 10.2 Å². The van der Waals surface area contributed by atoms with Crippen molar-refractivity contribution in [3.05, 3.63) is 0 Å². The Labute approximate surface area is 110 Å². The molecular weight excluding hydrogens is 256 g/mol. The number of hydrogen-bond donors (Lipinski definition) is 3. The summed E-state index contributed by atoms with van der Waals surface area (Å²) < 4.78 is 4.59. The van der Waals surface area contributed by atoms with Gasteiger partial charge in [-0.05, 0) is 19.8 Å². The van der Waals surface area contributed by atoms with Gasteiger partial charge in [0.15, 0.2) is 6.04 Å². The number of nitrogens with one attached hydrogen (secondary N) is 1. The number of carboxylic acids is 1. The lowest BCUT2D eigenvalue weighted by atomic mass is 10.2. The van der Waals surface area contributed by atoms with E-state index in [9.17, 15) is 19.5 Å². The number of nitrogens with zero attached hydrogens (tertiary/aromatic N) is 1. The quantitative estimate of drug-likeness (QED) is 0.576. The second kappa shape index (κ2) is 6.37. The largest absolute Gasteiger partial charge is 0.480 e. The fraction of sp³-hybridized carbons (Fsp3) is 0.727. The Kier molecular flexibility index (Phi) is 5.11. The lowest BCUT2D eigenvalue weighted by Gasteiger charge is -2.25. The number of carbonyl (C=O) groups is 3. The number of aliphatic carboxylic acids is 1. The fourth-order valence-corrected chi connectivity index (χ4v) is 2.00. The van der Waals surface area contributed by atoms with Crippen LogP contribution in [0.25, 0.3) is 0 Å². The number of rotatable bonds is 4. The van der Waals surface area contributed by atoms with Gasteiger partial charge in [0.25, 0.3) is 0 Å². The number of amides is 2. The zero-order valence-electron chi connectivity index (χ0n) is 10.8. The molecule has 0 aromatic rings. The SMILES string of the molecule is COC(=O)C1CCCN1C(=O)N[C@H](C(=O)O)[C@@H](C)O. The maximum absolute atomic E-state index is 11.9. The second-order valence-corrected chi connectivity index (χ2v) is 4.38. The van der Waals surface area contributed by atoms with E-state index in [2.05, 4.69) is 10.1 Å². The van der Waals surface area contributed by atoms with Gasteiger partial charge < -0.3 is 25.2 Å². The van der Waals surface area contributed by atoms with Crippen molar-refractivity contribution in [2.24, 2.45) is 0 Å². The molecule has 1 aliphatic heterocycles. The monoisotopic (exact) mass is 274 g/mol. The van der Waals surface area contributed by atoms with Crippen molar-refractivity contribution in [2.75, 3.05) is 13.7 Å². The summed E-state index contributed by atoms with van der Waals surface area (Å²) in [6.45, 7) is 1.61. The van der Waals surface area contributed by atoms with Crippen LogP contribution < -0.4 is 5.32 Å². The molecule has 0 aromatic heterocycles. The van der Waals surface area contributed by atoms with Crippen molar-refractivity contribution in [1.29, 1.82) is 0 Å². The topological polar surface area (TPSA) is 116 Å². The lowest BCUT2D eigenvalue weighted by Crippen LogP contribution is -2.54. The number of hydrogen-bond acceptors (Lipinski definition) is 5. The Balaban J connectivity index is 2.71. The van der Waals surface area contributed by atoms with E-state index in [1.807, 2.05) is 0 Å². The first-order chi connectivity index (χ1) is 8.88. The summed E-state index contributed by atoms with van der Waals surface area (Å²) in [5.41, 5.74) is 0. The van der Waals surface area contributed by atoms with Crippen molar-refractivity contribution in [3.63, 3.8) is 0 Å². The first-order valence-corrected chi connectivity index (χ1v) is 5.94. The zero-order valence-corrected chi connectivity index (χ0v) is 10.8. The van der Waals surface area contributed by atoms with Gasteiger partial charge in [-0.3, -0.25) is 0 Å². The molecule has 8 nitrogen and oxygen atoms in total. The molecule has 1 heterocycles. The number of methoxy groups -OCH3 is 1. The first kappa shape index (κ1) is 15.2. The Morgan fingerprint density at radius 3 is 2.53 bits per heavy atom. The van der Waals surface area contributed by atoms with Gasteiger partial charge in [-0.2, -0.15) is 0 Å². The third-order valence-electron chi connectivity index (χ3n) is 3.01. The lowest BCUT2D eigenvalue weighted by molar-refractivity contribution is -0.144. The standard InChI is InChI=1S/C11H18N2O6/c1-6(14)8(9(15)16)12-11(18)13-5-3-4-7(13)10(17)19-2/h6-8,14H,3-5H2,1-2H3,(H,12,18)(H,15,16)/t6-,7?,8+/m1/s1. The molecule has 0 saturated carbocycles. The molecule has 3 atom stereocenters. The van der Waals surface area contributed by atoms with Gasteiger partial charge in [0, 0.05) is 6.54 Å². The molecular formula is C11H18N2O6. The van der Waals surface area contributed by atoms with E-state index in [0.29, 0.717) is 19.4 Å². The van der Waals surface area contributed by atoms with Gasteiger partial charge in [0.2, 0.25) is 0 Å². The number of carboxylic acid groups (broad SMARTS) is 1. The molecule has 0 spiro atoms. The van der Waals surface area contributed by atoms with Crippen LogP contribution in [-0.4, -0.2) is 64.9 Å². The highest BCUT2D eigenvalue weighted by Gasteiger charge is 2.37. The molecule has 1 aliphatic rings. The van der Waals surface area contributed by atoms with Crippen molar-refractivity contribution in [3.8, 4) is 0 Å². The van der Waals surface area contributed by atoms with E-state index in [1.165, 1.54) is 18.9 Å².